The van der Waals surface area contributed by atoms with Gasteiger partial charge in [-0.15, -0.1) is 13.2 Å². The van der Waals surface area contributed by atoms with E-state index in [4.69, 9.17) is 4.74 Å². The summed E-state index contributed by atoms with van der Waals surface area (Å²) in [5, 5.41) is 0. The van der Waals surface area contributed by atoms with Crippen LogP contribution in [0.4, 0.5) is 13.2 Å². The van der Waals surface area contributed by atoms with E-state index >= 15 is 0 Å². The van der Waals surface area contributed by atoms with Crippen molar-refractivity contribution in [3.63, 3.8) is 0 Å². The van der Waals surface area contributed by atoms with Crippen molar-refractivity contribution < 1.29 is 22.6 Å². The van der Waals surface area contributed by atoms with Crippen LogP contribution in [0.1, 0.15) is 40.5 Å². The number of hydrogen-bond acceptors (Lipinski definition) is 2. The van der Waals surface area contributed by atoms with E-state index in [2.05, 4.69) is 18.6 Å². The largest absolute Gasteiger partial charge is 0.522 e. The van der Waals surface area contributed by atoms with Crippen molar-refractivity contribution in [2.45, 2.75) is 46.9 Å². The summed E-state index contributed by atoms with van der Waals surface area (Å²) in [7, 11) is 1.74. The monoisotopic (exact) mass is 258 g/mol. The molecule has 0 aliphatic heterocycles. The first-order valence-corrected chi connectivity index (χ1v) is 5.88. The highest BCUT2D eigenvalue weighted by Crippen LogP contribution is 2.16. The molecular formula is C12H25F3O2. The Kier molecular flexibility index (Phi) is 12.2. The van der Waals surface area contributed by atoms with Gasteiger partial charge in [-0.1, -0.05) is 27.7 Å². The Morgan fingerprint density at radius 1 is 0.882 bits per heavy atom. The van der Waals surface area contributed by atoms with Crippen LogP contribution in [0, 0.1) is 11.8 Å². The van der Waals surface area contributed by atoms with Crippen molar-refractivity contribution in [3.05, 3.63) is 0 Å². The van der Waals surface area contributed by atoms with Gasteiger partial charge in [0.05, 0.1) is 6.61 Å². The van der Waals surface area contributed by atoms with Gasteiger partial charge in [0.2, 0.25) is 0 Å². The van der Waals surface area contributed by atoms with Crippen molar-refractivity contribution in [2.24, 2.45) is 11.8 Å². The predicted octanol–water partition coefficient (Wildman–Crippen LogP) is 4.25. The molecule has 0 atom stereocenters. The summed E-state index contributed by atoms with van der Waals surface area (Å²) in [6.45, 7) is 8.75. The van der Waals surface area contributed by atoms with Crippen molar-refractivity contribution in [2.75, 3.05) is 20.3 Å². The topological polar surface area (TPSA) is 18.5 Å². The van der Waals surface area contributed by atoms with E-state index in [0.717, 1.165) is 12.5 Å². The number of alkyl halides is 3. The molecule has 0 rings (SSSR count). The van der Waals surface area contributed by atoms with Crippen molar-refractivity contribution in [3.8, 4) is 0 Å². The van der Waals surface area contributed by atoms with Gasteiger partial charge in [0.1, 0.15) is 0 Å². The lowest BCUT2D eigenvalue weighted by Crippen LogP contribution is -2.14. The molecule has 0 aromatic carbocycles. The molecule has 0 bridgehead atoms. The van der Waals surface area contributed by atoms with Gasteiger partial charge in [-0.25, -0.2) is 0 Å². The highest BCUT2D eigenvalue weighted by molar-refractivity contribution is 4.42. The number of rotatable bonds is 6. The summed E-state index contributed by atoms with van der Waals surface area (Å²) in [6, 6.07) is 0. The molecule has 0 heterocycles. The summed E-state index contributed by atoms with van der Waals surface area (Å²) in [6.07, 6.45) is -2.84. The molecule has 0 amide bonds. The summed E-state index contributed by atoms with van der Waals surface area (Å²) in [5.41, 5.74) is 0. The first kappa shape index (κ1) is 19.1. The fraction of sp³-hybridized carbons (Fsp3) is 1.00. The average Bonchev–Trinajstić information content (AvgIpc) is 2.12. The molecule has 5 heteroatoms. The Labute approximate surface area is 102 Å². The van der Waals surface area contributed by atoms with E-state index in [1.54, 1.807) is 7.11 Å². The van der Waals surface area contributed by atoms with Gasteiger partial charge in [-0.3, -0.25) is 4.74 Å². The molecule has 106 valence electrons. The molecule has 0 saturated carbocycles. The Morgan fingerprint density at radius 2 is 1.29 bits per heavy atom. The zero-order valence-electron chi connectivity index (χ0n) is 11.4. The molecule has 0 radical (unpaired) electrons. The normalized spacial score (nSPS) is 11.6. The predicted molar refractivity (Wildman–Crippen MR) is 62.8 cm³/mol. The first-order chi connectivity index (χ1) is 7.69. The quantitative estimate of drug-likeness (QED) is 0.709. The van der Waals surface area contributed by atoms with E-state index in [0.29, 0.717) is 6.42 Å². The van der Waals surface area contributed by atoms with Crippen molar-refractivity contribution >= 4 is 0 Å². The number of halogens is 3. The van der Waals surface area contributed by atoms with Crippen molar-refractivity contribution in [1.29, 1.82) is 0 Å². The third-order valence-corrected chi connectivity index (χ3v) is 1.86. The van der Waals surface area contributed by atoms with Gasteiger partial charge in [-0.2, -0.15) is 0 Å². The highest BCUT2D eigenvalue weighted by atomic mass is 19.4. The minimum atomic E-state index is -4.46. The van der Waals surface area contributed by atoms with Crippen LogP contribution < -0.4 is 0 Å². The van der Waals surface area contributed by atoms with Gasteiger partial charge >= 0.3 is 6.36 Å². The van der Waals surface area contributed by atoms with Crippen LogP contribution >= 0.6 is 0 Å². The Morgan fingerprint density at radius 3 is 1.53 bits per heavy atom. The Balaban J connectivity index is 0. The lowest BCUT2D eigenvalue weighted by atomic mass is 10.1. The third-order valence-electron chi connectivity index (χ3n) is 1.86. The number of ether oxygens (including phenoxy) is 2. The maximum absolute atomic E-state index is 11.3. The Bertz CT molecular complexity index is 156. The molecule has 0 aromatic rings. The van der Waals surface area contributed by atoms with Crippen LogP contribution in [0.15, 0.2) is 0 Å². The van der Waals surface area contributed by atoms with E-state index < -0.39 is 6.36 Å². The minimum absolute atomic E-state index is 0.235. The standard InChI is InChI=1S/C6H11F3O.C6H14O/c1-5(2)3-4-10-6(7,8)9;1-6(2)4-5-7-3/h5H,3-4H2,1-2H3;6H,4-5H2,1-3H3. The molecule has 17 heavy (non-hydrogen) atoms. The van der Waals surface area contributed by atoms with Crippen LogP contribution in [0.2, 0.25) is 0 Å². The second-order valence-corrected chi connectivity index (χ2v) is 4.65. The summed E-state index contributed by atoms with van der Waals surface area (Å²) >= 11 is 0. The van der Waals surface area contributed by atoms with Crippen LogP contribution in [0.25, 0.3) is 0 Å². The molecular weight excluding hydrogens is 233 g/mol. The second-order valence-electron chi connectivity index (χ2n) is 4.65. The second kappa shape index (κ2) is 10.8. The van der Waals surface area contributed by atoms with Gasteiger partial charge in [0, 0.05) is 13.7 Å². The SMILES string of the molecule is CC(C)CCOC(F)(F)F.COCCC(C)C. The van der Waals surface area contributed by atoms with Gasteiger partial charge in [0.25, 0.3) is 0 Å². The van der Waals surface area contributed by atoms with E-state index in [-0.39, 0.29) is 12.5 Å². The molecule has 0 aliphatic carbocycles. The van der Waals surface area contributed by atoms with E-state index in [1.807, 2.05) is 13.8 Å². The molecule has 2 nitrogen and oxygen atoms in total. The minimum Gasteiger partial charge on any atom is -0.385 e. The summed E-state index contributed by atoms with van der Waals surface area (Å²) in [4.78, 5) is 0. The van der Waals surface area contributed by atoms with Gasteiger partial charge < -0.3 is 4.74 Å². The van der Waals surface area contributed by atoms with Crippen molar-refractivity contribution in [1.82, 2.24) is 0 Å². The summed E-state index contributed by atoms with van der Waals surface area (Å²) < 4.78 is 42.2. The third kappa shape index (κ3) is 25.7. The zero-order chi connectivity index (χ0) is 13.9. The molecule has 0 spiro atoms. The lowest BCUT2D eigenvalue weighted by Gasteiger charge is -2.07. The first-order valence-electron chi connectivity index (χ1n) is 5.88. The zero-order valence-corrected chi connectivity index (χ0v) is 11.4. The van der Waals surface area contributed by atoms with E-state index in [1.165, 1.54) is 6.42 Å². The van der Waals surface area contributed by atoms with Crippen LogP contribution in [0.3, 0.4) is 0 Å². The molecule has 0 unspecified atom stereocenters. The average molecular weight is 258 g/mol. The number of hydrogen-bond donors (Lipinski definition) is 0. The highest BCUT2D eigenvalue weighted by Gasteiger charge is 2.28. The molecule has 0 N–H and O–H groups in total. The summed E-state index contributed by atoms with van der Waals surface area (Å²) in [5.74, 6) is 1.03. The number of methoxy groups -OCH3 is 1. The fourth-order valence-electron chi connectivity index (χ4n) is 0.764. The fourth-order valence-corrected chi connectivity index (χ4v) is 0.764. The lowest BCUT2D eigenvalue weighted by molar-refractivity contribution is -0.325. The molecule has 0 fully saturated rings. The van der Waals surface area contributed by atoms with Crippen LogP contribution in [-0.2, 0) is 9.47 Å². The maximum atomic E-state index is 11.3. The molecule has 0 saturated heterocycles. The van der Waals surface area contributed by atoms with Gasteiger partial charge in [0.15, 0.2) is 0 Å². The Hall–Kier alpha value is -0.290. The van der Waals surface area contributed by atoms with Crippen LogP contribution in [0.5, 0.6) is 0 Å². The molecule has 0 aromatic heterocycles. The van der Waals surface area contributed by atoms with E-state index in [9.17, 15) is 13.2 Å². The smallest absolute Gasteiger partial charge is 0.385 e. The molecule has 0 aliphatic rings. The maximum Gasteiger partial charge on any atom is 0.522 e. The van der Waals surface area contributed by atoms with Gasteiger partial charge in [-0.05, 0) is 24.7 Å². The van der Waals surface area contributed by atoms with Crippen LogP contribution in [-0.4, -0.2) is 26.7 Å².